The van der Waals surface area contributed by atoms with Gasteiger partial charge in [0, 0.05) is 7.05 Å². The van der Waals surface area contributed by atoms with Crippen molar-refractivity contribution in [3.8, 4) is 0 Å². The van der Waals surface area contributed by atoms with Crippen LogP contribution in [0.5, 0.6) is 0 Å². The van der Waals surface area contributed by atoms with Crippen LogP contribution in [-0.2, 0) is 11.3 Å². The van der Waals surface area contributed by atoms with Crippen LogP contribution < -0.4 is 5.32 Å². The number of H-pyrrole nitrogens is 1. The molecule has 0 saturated carbocycles. The van der Waals surface area contributed by atoms with Crippen LogP contribution in [-0.4, -0.2) is 50.3 Å². The molecule has 0 aliphatic rings. The van der Waals surface area contributed by atoms with Crippen LogP contribution in [0.3, 0.4) is 0 Å². The average Bonchev–Trinajstić information content (AvgIpc) is 2.63. The second kappa shape index (κ2) is 5.28. The van der Waals surface area contributed by atoms with Crippen molar-refractivity contribution in [2.24, 2.45) is 0 Å². The van der Waals surface area contributed by atoms with Crippen molar-refractivity contribution in [1.29, 1.82) is 0 Å². The Kier molecular flexibility index (Phi) is 4.02. The maximum atomic E-state index is 11.6. The SMILES string of the molecule is Cc1nc(CN(C)C(=O)N[C@@H](C)C(=O)O)n[nH]1. The summed E-state index contributed by atoms with van der Waals surface area (Å²) < 4.78 is 0. The molecule has 8 heteroatoms. The van der Waals surface area contributed by atoms with E-state index in [1.165, 1.54) is 18.9 Å². The Morgan fingerprint density at radius 3 is 2.71 bits per heavy atom. The Morgan fingerprint density at radius 1 is 1.59 bits per heavy atom. The lowest BCUT2D eigenvalue weighted by Crippen LogP contribution is -2.44. The fourth-order valence-electron chi connectivity index (χ4n) is 1.10. The summed E-state index contributed by atoms with van der Waals surface area (Å²) in [5.41, 5.74) is 0. The summed E-state index contributed by atoms with van der Waals surface area (Å²) in [6.07, 6.45) is 0. The van der Waals surface area contributed by atoms with E-state index in [0.717, 1.165) is 0 Å². The third-order valence-corrected chi connectivity index (χ3v) is 2.08. The van der Waals surface area contributed by atoms with Crippen molar-refractivity contribution >= 4 is 12.0 Å². The zero-order chi connectivity index (χ0) is 13.0. The summed E-state index contributed by atoms with van der Waals surface area (Å²) in [4.78, 5) is 27.5. The topological polar surface area (TPSA) is 111 Å². The highest BCUT2D eigenvalue weighted by Gasteiger charge is 2.17. The van der Waals surface area contributed by atoms with E-state index in [1.807, 2.05) is 0 Å². The standard InChI is InChI=1S/C9H15N5O3/c1-5(8(15)16)10-9(17)14(3)4-7-11-6(2)12-13-7/h5H,4H2,1-3H3,(H,10,17)(H,15,16)(H,11,12,13)/t5-/m0/s1. The normalized spacial score (nSPS) is 11.9. The molecule has 1 rings (SSSR count). The quantitative estimate of drug-likeness (QED) is 0.671. The van der Waals surface area contributed by atoms with E-state index in [9.17, 15) is 9.59 Å². The monoisotopic (exact) mass is 241 g/mol. The van der Waals surface area contributed by atoms with Gasteiger partial charge in [0.25, 0.3) is 0 Å². The molecule has 94 valence electrons. The van der Waals surface area contributed by atoms with Gasteiger partial charge >= 0.3 is 12.0 Å². The number of amides is 2. The fraction of sp³-hybridized carbons (Fsp3) is 0.556. The highest BCUT2D eigenvalue weighted by atomic mass is 16.4. The van der Waals surface area contributed by atoms with Gasteiger partial charge in [-0.15, -0.1) is 0 Å². The second-order valence-electron chi connectivity index (χ2n) is 3.70. The highest BCUT2D eigenvalue weighted by molar-refractivity contribution is 5.81. The first-order chi connectivity index (χ1) is 7.90. The smallest absolute Gasteiger partial charge is 0.325 e. The van der Waals surface area contributed by atoms with Gasteiger partial charge < -0.3 is 15.3 Å². The molecule has 17 heavy (non-hydrogen) atoms. The number of nitrogens with zero attached hydrogens (tertiary/aromatic N) is 3. The second-order valence-corrected chi connectivity index (χ2v) is 3.70. The molecular weight excluding hydrogens is 226 g/mol. The zero-order valence-corrected chi connectivity index (χ0v) is 9.89. The Bertz CT molecular complexity index is 417. The number of carboxylic acid groups (broad SMARTS) is 1. The predicted octanol–water partition coefficient (Wildman–Crippen LogP) is -0.272. The van der Waals surface area contributed by atoms with Gasteiger partial charge in [0.1, 0.15) is 11.9 Å². The largest absolute Gasteiger partial charge is 0.480 e. The molecule has 0 fully saturated rings. The number of hydrogen-bond donors (Lipinski definition) is 3. The van der Waals surface area contributed by atoms with Crippen LogP contribution >= 0.6 is 0 Å². The van der Waals surface area contributed by atoms with E-state index >= 15 is 0 Å². The van der Waals surface area contributed by atoms with E-state index in [2.05, 4.69) is 20.5 Å². The number of aromatic amines is 1. The minimum absolute atomic E-state index is 0.211. The fourth-order valence-corrected chi connectivity index (χ4v) is 1.10. The van der Waals surface area contributed by atoms with Crippen molar-refractivity contribution in [3.63, 3.8) is 0 Å². The first-order valence-corrected chi connectivity index (χ1v) is 5.02. The minimum atomic E-state index is -1.08. The van der Waals surface area contributed by atoms with Crippen LogP contribution in [0.2, 0.25) is 0 Å². The molecule has 0 unspecified atom stereocenters. The van der Waals surface area contributed by atoms with Crippen molar-refractivity contribution in [2.75, 3.05) is 7.05 Å². The summed E-state index contributed by atoms with van der Waals surface area (Å²) in [7, 11) is 1.54. The first kappa shape index (κ1) is 12.9. The van der Waals surface area contributed by atoms with Crippen LogP contribution in [0.25, 0.3) is 0 Å². The molecule has 0 bridgehead atoms. The molecule has 0 aliphatic heterocycles. The van der Waals surface area contributed by atoms with Crippen molar-refractivity contribution in [1.82, 2.24) is 25.4 Å². The Balaban J connectivity index is 2.50. The number of aromatic nitrogens is 3. The maximum Gasteiger partial charge on any atom is 0.325 e. The molecule has 1 aromatic rings. The lowest BCUT2D eigenvalue weighted by Gasteiger charge is -2.18. The summed E-state index contributed by atoms with van der Waals surface area (Å²) in [5.74, 6) is 0.0522. The van der Waals surface area contributed by atoms with Gasteiger partial charge in [-0.05, 0) is 13.8 Å². The number of carbonyl (C=O) groups excluding carboxylic acids is 1. The van der Waals surface area contributed by atoms with Gasteiger partial charge in [-0.25, -0.2) is 9.78 Å². The molecule has 0 saturated heterocycles. The number of hydrogen-bond acceptors (Lipinski definition) is 4. The van der Waals surface area contributed by atoms with Crippen molar-refractivity contribution < 1.29 is 14.7 Å². The van der Waals surface area contributed by atoms with E-state index in [-0.39, 0.29) is 6.54 Å². The highest BCUT2D eigenvalue weighted by Crippen LogP contribution is 1.97. The summed E-state index contributed by atoms with van der Waals surface area (Å²) in [5, 5.41) is 17.5. The Hall–Kier alpha value is -2.12. The summed E-state index contributed by atoms with van der Waals surface area (Å²) in [6, 6.07) is -1.42. The molecule has 1 aromatic heterocycles. The third-order valence-electron chi connectivity index (χ3n) is 2.08. The van der Waals surface area contributed by atoms with Gasteiger partial charge in [0.15, 0.2) is 5.82 Å². The molecule has 2 amide bonds. The average molecular weight is 241 g/mol. The van der Waals surface area contributed by atoms with Gasteiger partial charge in [-0.1, -0.05) is 0 Å². The molecule has 0 spiro atoms. The van der Waals surface area contributed by atoms with Crippen molar-refractivity contribution in [3.05, 3.63) is 11.6 Å². The van der Waals surface area contributed by atoms with Crippen LogP contribution in [0.15, 0.2) is 0 Å². The lowest BCUT2D eigenvalue weighted by molar-refractivity contribution is -0.138. The molecule has 0 aliphatic carbocycles. The number of carbonyl (C=O) groups is 2. The Labute approximate surface area is 98.0 Å². The third kappa shape index (κ3) is 3.74. The van der Waals surface area contributed by atoms with E-state index < -0.39 is 18.0 Å². The van der Waals surface area contributed by atoms with Gasteiger partial charge in [0.2, 0.25) is 0 Å². The molecule has 1 atom stereocenters. The first-order valence-electron chi connectivity index (χ1n) is 5.02. The van der Waals surface area contributed by atoms with E-state index in [4.69, 9.17) is 5.11 Å². The lowest BCUT2D eigenvalue weighted by atomic mass is 10.3. The molecular formula is C9H15N5O3. The number of aliphatic carboxylic acids is 1. The zero-order valence-electron chi connectivity index (χ0n) is 9.89. The molecule has 0 radical (unpaired) electrons. The predicted molar refractivity (Wildman–Crippen MR) is 58.2 cm³/mol. The van der Waals surface area contributed by atoms with Crippen LogP contribution in [0.4, 0.5) is 4.79 Å². The van der Waals surface area contributed by atoms with E-state index in [0.29, 0.717) is 11.6 Å². The molecule has 3 N–H and O–H groups in total. The number of nitrogens with one attached hydrogen (secondary N) is 2. The van der Waals surface area contributed by atoms with Gasteiger partial charge in [-0.2, -0.15) is 5.10 Å². The summed E-state index contributed by atoms with van der Waals surface area (Å²) in [6.45, 7) is 3.36. The van der Waals surface area contributed by atoms with Crippen LogP contribution in [0.1, 0.15) is 18.6 Å². The Morgan fingerprint density at radius 2 is 2.24 bits per heavy atom. The molecule has 8 nitrogen and oxygen atoms in total. The number of carboxylic acids is 1. The molecule has 0 aromatic carbocycles. The van der Waals surface area contributed by atoms with Gasteiger partial charge in [0.05, 0.1) is 6.54 Å². The summed E-state index contributed by atoms with van der Waals surface area (Å²) >= 11 is 0. The molecule has 1 heterocycles. The van der Waals surface area contributed by atoms with Crippen molar-refractivity contribution in [2.45, 2.75) is 26.4 Å². The minimum Gasteiger partial charge on any atom is -0.480 e. The van der Waals surface area contributed by atoms with E-state index in [1.54, 1.807) is 6.92 Å². The van der Waals surface area contributed by atoms with Gasteiger partial charge in [-0.3, -0.25) is 9.89 Å². The maximum absolute atomic E-state index is 11.6. The number of aryl methyl sites for hydroxylation is 1. The number of rotatable bonds is 4. The van der Waals surface area contributed by atoms with Crippen LogP contribution in [0, 0.1) is 6.92 Å². The number of urea groups is 1.